The van der Waals surface area contributed by atoms with Crippen molar-refractivity contribution in [2.24, 2.45) is 0 Å². The molecule has 0 saturated carbocycles. The molecule has 3 rings (SSSR count). The molecule has 1 aromatic heterocycles. The van der Waals surface area contributed by atoms with E-state index in [1.807, 2.05) is 26.2 Å². The molecular weight excluding hydrogens is 470 g/mol. The van der Waals surface area contributed by atoms with E-state index in [4.69, 9.17) is 19.0 Å². The van der Waals surface area contributed by atoms with Gasteiger partial charge in [0.25, 0.3) is 0 Å². The molecule has 0 aromatic carbocycles. The molecule has 2 amide bonds. The van der Waals surface area contributed by atoms with Crippen LogP contribution in [0.25, 0.3) is 0 Å². The SMILES string of the molecule is C=CCONC1CN(C(=O)OC(C)(C)C)C(C(=O)N(C)C)c2c(CCOC3CCCCO3)csc21. The summed E-state index contributed by atoms with van der Waals surface area (Å²) < 4.78 is 17.3. The Morgan fingerprint density at radius 3 is 2.74 bits per heavy atom. The van der Waals surface area contributed by atoms with Crippen LogP contribution in [0, 0.1) is 0 Å². The number of nitrogens with one attached hydrogen (secondary N) is 1. The molecule has 0 spiro atoms. The van der Waals surface area contributed by atoms with Gasteiger partial charge >= 0.3 is 6.09 Å². The van der Waals surface area contributed by atoms with Crippen LogP contribution in [0.4, 0.5) is 4.79 Å². The molecule has 0 radical (unpaired) electrons. The van der Waals surface area contributed by atoms with Gasteiger partial charge in [0.1, 0.15) is 11.6 Å². The summed E-state index contributed by atoms with van der Waals surface area (Å²) in [6.07, 6.45) is 4.58. The van der Waals surface area contributed by atoms with Gasteiger partial charge in [-0.25, -0.2) is 4.79 Å². The van der Waals surface area contributed by atoms with Crippen LogP contribution in [0.3, 0.4) is 0 Å². The number of thiophene rings is 1. The summed E-state index contributed by atoms with van der Waals surface area (Å²) in [6.45, 7) is 10.9. The molecule has 10 heteroatoms. The van der Waals surface area contributed by atoms with Gasteiger partial charge in [-0.15, -0.1) is 17.9 Å². The summed E-state index contributed by atoms with van der Waals surface area (Å²) in [5.41, 5.74) is 4.15. The van der Waals surface area contributed by atoms with Crippen molar-refractivity contribution in [1.29, 1.82) is 0 Å². The van der Waals surface area contributed by atoms with Crippen LogP contribution in [-0.2, 0) is 30.3 Å². The van der Waals surface area contributed by atoms with E-state index in [0.29, 0.717) is 19.6 Å². The second kappa shape index (κ2) is 12.3. The number of fused-ring (bicyclic) bond motifs is 1. The van der Waals surface area contributed by atoms with Crippen LogP contribution in [0.15, 0.2) is 18.0 Å². The molecule has 9 nitrogen and oxygen atoms in total. The second-order valence-corrected chi connectivity index (χ2v) is 10.9. The fourth-order valence-corrected chi connectivity index (χ4v) is 5.35. The van der Waals surface area contributed by atoms with E-state index < -0.39 is 17.7 Å². The largest absolute Gasteiger partial charge is 0.444 e. The number of carbonyl (C=O) groups is 2. The molecular formula is C25H39N3O6S. The van der Waals surface area contributed by atoms with Gasteiger partial charge in [0.05, 0.1) is 19.3 Å². The first-order chi connectivity index (χ1) is 16.6. The minimum absolute atomic E-state index is 0.182. The fraction of sp³-hybridized carbons (Fsp3) is 0.680. The smallest absolute Gasteiger partial charge is 0.411 e. The zero-order chi connectivity index (χ0) is 25.6. The Morgan fingerprint density at radius 2 is 2.11 bits per heavy atom. The predicted octanol–water partition coefficient (Wildman–Crippen LogP) is 3.96. The van der Waals surface area contributed by atoms with Gasteiger partial charge in [-0.1, -0.05) is 6.08 Å². The van der Waals surface area contributed by atoms with Crippen molar-refractivity contribution in [3.05, 3.63) is 34.0 Å². The molecule has 1 aromatic rings. The van der Waals surface area contributed by atoms with Gasteiger partial charge in [0, 0.05) is 37.7 Å². The number of likely N-dealkylation sites (N-methyl/N-ethyl adjacent to an activating group) is 1. The van der Waals surface area contributed by atoms with Crippen LogP contribution in [-0.4, -0.2) is 74.2 Å². The lowest BCUT2D eigenvalue weighted by Crippen LogP contribution is -2.51. The van der Waals surface area contributed by atoms with Crippen LogP contribution >= 0.6 is 11.3 Å². The Bertz CT molecular complexity index is 875. The Kier molecular flexibility index (Phi) is 9.71. The molecule has 1 fully saturated rings. The average molecular weight is 510 g/mol. The highest BCUT2D eigenvalue weighted by Crippen LogP contribution is 2.42. The topological polar surface area (TPSA) is 89.6 Å². The van der Waals surface area contributed by atoms with Crippen LogP contribution < -0.4 is 5.48 Å². The van der Waals surface area contributed by atoms with Gasteiger partial charge in [-0.05, 0) is 57.4 Å². The van der Waals surface area contributed by atoms with Crippen LogP contribution in [0.1, 0.15) is 68.1 Å². The van der Waals surface area contributed by atoms with E-state index in [1.165, 1.54) is 9.80 Å². The lowest BCUT2D eigenvalue weighted by atomic mass is 9.92. The first-order valence-electron chi connectivity index (χ1n) is 12.1. The third-order valence-corrected chi connectivity index (χ3v) is 6.92. The monoisotopic (exact) mass is 509 g/mol. The van der Waals surface area contributed by atoms with E-state index in [2.05, 4.69) is 12.1 Å². The third-order valence-electron chi connectivity index (χ3n) is 5.76. The fourth-order valence-electron chi connectivity index (χ4n) is 4.18. The second-order valence-electron chi connectivity index (χ2n) is 9.99. The standard InChI is InChI=1S/C25H39N3O6S/c1-7-12-33-26-18-15-28(24(30)34-25(2,3)4)21(23(29)27(5)6)20-17(16-35-22(18)20)11-14-32-19-10-8-9-13-31-19/h7,16,18-19,21,26H,1,8-15H2,2-6H3. The van der Waals surface area contributed by atoms with Crippen LogP contribution in [0.5, 0.6) is 0 Å². The number of hydrogen-bond donors (Lipinski definition) is 1. The summed E-state index contributed by atoms with van der Waals surface area (Å²) >= 11 is 1.56. The van der Waals surface area contributed by atoms with Crippen molar-refractivity contribution in [2.75, 3.05) is 40.5 Å². The van der Waals surface area contributed by atoms with Crippen molar-refractivity contribution in [3.8, 4) is 0 Å². The molecule has 35 heavy (non-hydrogen) atoms. The lowest BCUT2D eigenvalue weighted by molar-refractivity contribution is -0.161. The van der Waals surface area contributed by atoms with E-state index in [-0.39, 0.29) is 24.8 Å². The van der Waals surface area contributed by atoms with Crippen molar-refractivity contribution in [1.82, 2.24) is 15.3 Å². The number of rotatable bonds is 9. The van der Waals surface area contributed by atoms with Gasteiger partial charge < -0.3 is 19.1 Å². The molecule has 3 heterocycles. The molecule has 2 aliphatic heterocycles. The summed E-state index contributed by atoms with van der Waals surface area (Å²) in [6, 6.07) is -1.11. The minimum atomic E-state index is -0.792. The van der Waals surface area contributed by atoms with E-state index >= 15 is 0 Å². The molecule has 1 N–H and O–H groups in total. The zero-order valence-corrected chi connectivity index (χ0v) is 22.3. The van der Waals surface area contributed by atoms with Gasteiger partial charge in [0.2, 0.25) is 5.91 Å². The van der Waals surface area contributed by atoms with Gasteiger partial charge in [-0.2, -0.15) is 5.48 Å². The first-order valence-corrected chi connectivity index (χ1v) is 13.0. The number of nitrogens with zero attached hydrogens (tertiary/aromatic N) is 2. The summed E-state index contributed by atoms with van der Waals surface area (Å²) in [5.74, 6) is -0.182. The highest BCUT2D eigenvalue weighted by Gasteiger charge is 2.44. The van der Waals surface area contributed by atoms with E-state index in [9.17, 15) is 9.59 Å². The molecule has 1 saturated heterocycles. The molecule has 196 valence electrons. The normalized spacial score (nSPS) is 22.4. The number of hydrogen-bond acceptors (Lipinski definition) is 8. The maximum absolute atomic E-state index is 13.4. The maximum Gasteiger partial charge on any atom is 0.411 e. The first kappa shape index (κ1) is 27.6. The Balaban J connectivity index is 1.91. The summed E-state index contributed by atoms with van der Waals surface area (Å²) in [7, 11) is 3.39. The summed E-state index contributed by atoms with van der Waals surface area (Å²) in [4.78, 5) is 36.3. The highest BCUT2D eigenvalue weighted by atomic mass is 32.1. The average Bonchev–Trinajstić information content (AvgIpc) is 3.22. The lowest BCUT2D eigenvalue weighted by Gasteiger charge is -2.40. The molecule has 0 aliphatic carbocycles. The van der Waals surface area contributed by atoms with E-state index in [1.54, 1.807) is 31.5 Å². The molecule has 3 atom stereocenters. The number of amides is 2. The van der Waals surface area contributed by atoms with Crippen molar-refractivity contribution >= 4 is 23.3 Å². The highest BCUT2D eigenvalue weighted by molar-refractivity contribution is 7.10. The van der Waals surface area contributed by atoms with Crippen LogP contribution in [0.2, 0.25) is 0 Å². The quantitative estimate of drug-likeness (QED) is 0.306. The van der Waals surface area contributed by atoms with Gasteiger partial charge in [0.15, 0.2) is 6.29 Å². The molecule has 0 bridgehead atoms. The summed E-state index contributed by atoms with van der Waals surface area (Å²) in [5, 5.41) is 2.05. The number of ether oxygens (including phenoxy) is 3. The van der Waals surface area contributed by atoms with Gasteiger partial charge in [-0.3, -0.25) is 14.5 Å². The van der Waals surface area contributed by atoms with Crippen molar-refractivity contribution in [3.63, 3.8) is 0 Å². The number of carbonyl (C=O) groups excluding carboxylic acids is 2. The van der Waals surface area contributed by atoms with Crippen molar-refractivity contribution < 1.29 is 28.6 Å². The Morgan fingerprint density at radius 1 is 1.34 bits per heavy atom. The van der Waals surface area contributed by atoms with E-state index in [0.717, 1.165) is 41.9 Å². The Labute approximate surface area is 212 Å². The Hall–Kier alpha value is -1.98. The predicted molar refractivity (Wildman–Crippen MR) is 134 cm³/mol. The third kappa shape index (κ3) is 7.27. The minimum Gasteiger partial charge on any atom is -0.444 e. The molecule has 2 aliphatic rings. The maximum atomic E-state index is 13.4. The van der Waals surface area contributed by atoms with Crippen molar-refractivity contribution in [2.45, 2.75) is 70.4 Å². The zero-order valence-electron chi connectivity index (χ0n) is 21.5. The number of hydroxylamine groups is 1. The molecule has 3 unspecified atom stereocenters.